The summed E-state index contributed by atoms with van der Waals surface area (Å²) in [6.07, 6.45) is 6.19. The van der Waals surface area contributed by atoms with E-state index in [0.717, 1.165) is 37.7 Å². The summed E-state index contributed by atoms with van der Waals surface area (Å²) in [5.74, 6) is 1.56. The SMILES string of the molecule is [2H]C1C([2H])([2H])C(OCC)=CC2=CC[C@H]3[C@@H]4CC[C@H](O)[C@@]4(C)CC[C@@H]3[C@]21C. The minimum Gasteiger partial charge on any atom is -0.498 e. The fourth-order valence-corrected chi connectivity index (χ4v) is 6.08. The first-order valence-corrected chi connectivity index (χ1v) is 9.33. The smallest absolute Gasteiger partial charge is 0.0962 e. The highest BCUT2D eigenvalue weighted by molar-refractivity contribution is 5.35. The molecule has 0 aliphatic heterocycles. The molecule has 0 aromatic carbocycles. The maximum Gasteiger partial charge on any atom is 0.0962 e. The van der Waals surface area contributed by atoms with Gasteiger partial charge in [-0.25, -0.2) is 0 Å². The molecule has 128 valence electrons. The molecule has 0 amide bonds. The summed E-state index contributed by atoms with van der Waals surface area (Å²) in [5.41, 5.74) is 0.613. The van der Waals surface area contributed by atoms with Gasteiger partial charge >= 0.3 is 0 Å². The van der Waals surface area contributed by atoms with E-state index >= 15 is 0 Å². The summed E-state index contributed by atoms with van der Waals surface area (Å²) in [6.45, 7) is 6.64. The lowest BCUT2D eigenvalue weighted by Crippen LogP contribution is -2.50. The van der Waals surface area contributed by atoms with Gasteiger partial charge in [0.05, 0.1) is 18.5 Å². The fourth-order valence-electron chi connectivity index (χ4n) is 6.08. The third kappa shape index (κ3) is 2.17. The first kappa shape index (κ1) is 12.6. The maximum atomic E-state index is 10.6. The number of fused-ring (bicyclic) bond motifs is 5. The van der Waals surface area contributed by atoms with E-state index in [4.69, 9.17) is 8.85 Å². The normalized spacial score (nSPS) is 56.0. The van der Waals surface area contributed by atoms with Crippen LogP contribution in [-0.2, 0) is 4.74 Å². The molecule has 0 bridgehead atoms. The van der Waals surface area contributed by atoms with Gasteiger partial charge in [0.2, 0.25) is 0 Å². The van der Waals surface area contributed by atoms with Crippen LogP contribution in [0.4, 0.5) is 0 Å². The second-order valence-corrected chi connectivity index (χ2v) is 8.42. The summed E-state index contributed by atoms with van der Waals surface area (Å²) in [4.78, 5) is 0. The number of allylic oxidation sites excluding steroid dienone is 4. The van der Waals surface area contributed by atoms with Crippen LogP contribution in [0.1, 0.15) is 69.8 Å². The van der Waals surface area contributed by atoms with Crippen molar-refractivity contribution in [1.29, 1.82) is 0 Å². The van der Waals surface area contributed by atoms with Gasteiger partial charge in [-0.05, 0) is 85.7 Å². The van der Waals surface area contributed by atoms with Crippen molar-refractivity contribution >= 4 is 0 Å². The van der Waals surface area contributed by atoms with Crippen LogP contribution >= 0.6 is 0 Å². The van der Waals surface area contributed by atoms with Gasteiger partial charge in [0.15, 0.2) is 0 Å². The molecule has 2 nitrogen and oxygen atoms in total. The average Bonchev–Trinajstić information content (AvgIpc) is 2.90. The molecule has 0 radical (unpaired) electrons. The lowest BCUT2D eigenvalue weighted by atomic mass is 9.48. The van der Waals surface area contributed by atoms with Crippen molar-refractivity contribution in [2.24, 2.45) is 28.6 Å². The zero-order chi connectivity index (χ0) is 18.9. The van der Waals surface area contributed by atoms with Gasteiger partial charge in [0.25, 0.3) is 0 Å². The second kappa shape index (κ2) is 5.37. The van der Waals surface area contributed by atoms with Crippen molar-refractivity contribution in [3.63, 3.8) is 0 Å². The number of hydrogen-bond donors (Lipinski definition) is 1. The Morgan fingerprint density at radius 3 is 2.91 bits per heavy atom. The summed E-state index contributed by atoms with van der Waals surface area (Å²) in [5, 5.41) is 10.6. The molecule has 1 unspecified atom stereocenters. The van der Waals surface area contributed by atoms with Crippen LogP contribution in [0, 0.1) is 28.6 Å². The number of hydrogen-bond acceptors (Lipinski definition) is 2. The Kier molecular flexibility index (Phi) is 2.94. The minimum atomic E-state index is -1.76. The van der Waals surface area contributed by atoms with Crippen molar-refractivity contribution in [2.45, 2.75) is 71.7 Å². The lowest BCUT2D eigenvalue weighted by molar-refractivity contribution is -0.0635. The molecule has 0 spiro atoms. The predicted molar refractivity (Wildman–Crippen MR) is 92.8 cm³/mol. The van der Waals surface area contributed by atoms with Crippen LogP contribution < -0.4 is 0 Å². The Labute approximate surface area is 145 Å². The third-order valence-corrected chi connectivity index (χ3v) is 7.49. The average molecular weight is 320 g/mol. The van der Waals surface area contributed by atoms with Crippen LogP contribution in [0.3, 0.4) is 0 Å². The van der Waals surface area contributed by atoms with E-state index in [1.165, 1.54) is 0 Å². The Morgan fingerprint density at radius 1 is 1.30 bits per heavy atom. The molecular weight excluding hydrogens is 284 g/mol. The molecule has 7 atom stereocenters. The first-order chi connectivity index (χ1) is 12.2. The Hall–Kier alpha value is -0.760. The van der Waals surface area contributed by atoms with Crippen molar-refractivity contribution in [3.8, 4) is 0 Å². The number of aliphatic hydroxyl groups excluding tert-OH is 1. The molecule has 1 N–H and O–H groups in total. The molecule has 0 saturated heterocycles. The van der Waals surface area contributed by atoms with Crippen LogP contribution in [0.5, 0.6) is 0 Å². The van der Waals surface area contributed by atoms with Gasteiger partial charge in [-0.15, -0.1) is 0 Å². The van der Waals surface area contributed by atoms with E-state index in [1.807, 2.05) is 13.0 Å². The summed E-state index contributed by atoms with van der Waals surface area (Å²) < 4.78 is 31.7. The van der Waals surface area contributed by atoms with Gasteiger partial charge in [-0.1, -0.05) is 19.9 Å². The molecule has 4 aliphatic carbocycles. The molecule has 23 heavy (non-hydrogen) atoms. The van der Waals surface area contributed by atoms with Crippen LogP contribution in [0.15, 0.2) is 23.5 Å². The lowest BCUT2D eigenvalue weighted by Gasteiger charge is -2.56. The van der Waals surface area contributed by atoms with Crippen LogP contribution in [0.25, 0.3) is 0 Å². The Morgan fingerprint density at radius 2 is 2.13 bits per heavy atom. The number of aliphatic hydroxyl groups is 1. The van der Waals surface area contributed by atoms with E-state index in [1.54, 1.807) is 0 Å². The van der Waals surface area contributed by atoms with Gasteiger partial charge in [-0.3, -0.25) is 0 Å². The van der Waals surface area contributed by atoms with E-state index < -0.39 is 18.2 Å². The number of ether oxygens (including phenoxy) is 1. The minimum absolute atomic E-state index is 0.000397. The third-order valence-electron chi connectivity index (χ3n) is 7.49. The van der Waals surface area contributed by atoms with Crippen molar-refractivity contribution < 1.29 is 14.0 Å². The fraction of sp³-hybridized carbons (Fsp3) is 0.810. The molecule has 0 aromatic heterocycles. The van der Waals surface area contributed by atoms with Crippen molar-refractivity contribution in [1.82, 2.24) is 0 Å². The molecule has 0 heterocycles. The number of rotatable bonds is 2. The molecule has 2 saturated carbocycles. The monoisotopic (exact) mass is 319 g/mol. The molecule has 2 heteroatoms. The zero-order valence-electron chi connectivity index (χ0n) is 17.6. The molecular formula is C21H32O2. The van der Waals surface area contributed by atoms with Gasteiger partial charge in [0.1, 0.15) is 0 Å². The van der Waals surface area contributed by atoms with E-state index in [-0.39, 0.29) is 11.5 Å². The molecule has 4 rings (SSSR count). The first-order valence-electron chi connectivity index (χ1n) is 10.9. The highest BCUT2D eigenvalue weighted by atomic mass is 16.5. The Balaban J connectivity index is 1.76. The van der Waals surface area contributed by atoms with Gasteiger partial charge in [-0.2, -0.15) is 0 Å². The highest BCUT2D eigenvalue weighted by Gasteiger charge is 2.58. The summed E-state index contributed by atoms with van der Waals surface area (Å²) >= 11 is 0. The summed E-state index contributed by atoms with van der Waals surface area (Å²) in [6, 6.07) is 0. The molecule has 2 fully saturated rings. The predicted octanol–water partition coefficient (Wildman–Crippen LogP) is 4.84. The van der Waals surface area contributed by atoms with E-state index in [0.29, 0.717) is 30.1 Å². The standard InChI is InChI=1S/C21H32O2/c1-4-23-15-9-11-20(2)14(13-15)5-6-16-17-7-8-19(22)21(17,3)12-10-18(16)20/h5,13,16-19,22H,4,6-12H2,1-3H3/t16-,17-,18-,19-,20-,21-/m0/s1/i9D2,11D/t11?,16-,17-,18-,19-,20-,21-. The van der Waals surface area contributed by atoms with Gasteiger partial charge in [0, 0.05) is 10.5 Å². The van der Waals surface area contributed by atoms with Crippen LogP contribution in [-0.4, -0.2) is 17.8 Å². The maximum absolute atomic E-state index is 10.6. The van der Waals surface area contributed by atoms with Crippen LogP contribution in [0.2, 0.25) is 0 Å². The van der Waals surface area contributed by atoms with E-state index in [2.05, 4.69) is 19.9 Å². The zero-order valence-corrected chi connectivity index (χ0v) is 14.6. The van der Waals surface area contributed by atoms with Gasteiger partial charge < -0.3 is 9.84 Å². The molecule has 4 aliphatic rings. The van der Waals surface area contributed by atoms with Crippen molar-refractivity contribution in [3.05, 3.63) is 23.5 Å². The highest BCUT2D eigenvalue weighted by Crippen LogP contribution is 2.64. The topological polar surface area (TPSA) is 29.5 Å². The molecule has 0 aromatic rings. The second-order valence-electron chi connectivity index (χ2n) is 8.42. The quantitative estimate of drug-likeness (QED) is 0.789. The largest absolute Gasteiger partial charge is 0.498 e. The summed E-state index contributed by atoms with van der Waals surface area (Å²) in [7, 11) is 0. The van der Waals surface area contributed by atoms with E-state index in [9.17, 15) is 5.11 Å². The Bertz CT molecular complexity index is 658. The van der Waals surface area contributed by atoms with Crippen molar-refractivity contribution in [2.75, 3.05) is 6.61 Å².